The van der Waals surface area contributed by atoms with Crippen LogP contribution in [0.4, 0.5) is 0 Å². The van der Waals surface area contributed by atoms with E-state index in [9.17, 15) is 9.59 Å². The molecule has 0 aliphatic carbocycles. The van der Waals surface area contributed by atoms with Gasteiger partial charge < -0.3 is 5.11 Å². The Hall–Kier alpha value is -2.14. The first-order valence-corrected chi connectivity index (χ1v) is 6.19. The van der Waals surface area contributed by atoms with Gasteiger partial charge in [-0.3, -0.25) is 9.78 Å². The quantitative estimate of drug-likeness (QED) is 0.663. The van der Waals surface area contributed by atoms with E-state index in [4.69, 9.17) is 5.11 Å². The number of hydrogen-bond donors (Lipinski definition) is 2. The van der Waals surface area contributed by atoms with Gasteiger partial charge in [0.1, 0.15) is 5.69 Å². The standard InChI is InChI=1S/C14H11NO3S/c16-13(10-4-1-3-9(7-10)8-19)12-11(14(17)18)5-2-6-15-12/h1-7,19H,8H2,(H,17,18). The monoisotopic (exact) mass is 273 g/mol. The Morgan fingerprint density at radius 1 is 1.21 bits per heavy atom. The zero-order valence-electron chi connectivity index (χ0n) is 9.91. The second-order valence-electron chi connectivity index (χ2n) is 3.89. The highest BCUT2D eigenvalue weighted by Crippen LogP contribution is 2.14. The van der Waals surface area contributed by atoms with E-state index in [1.807, 2.05) is 6.07 Å². The lowest BCUT2D eigenvalue weighted by Crippen LogP contribution is -2.12. The predicted octanol–water partition coefficient (Wildman–Crippen LogP) is 2.44. The van der Waals surface area contributed by atoms with Gasteiger partial charge in [-0.15, -0.1) is 0 Å². The van der Waals surface area contributed by atoms with Gasteiger partial charge in [-0.1, -0.05) is 18.2 Å². The van der Waals surface area contributed by atoms with Gasteiger partial charge in [-0.25, -0.2) is 4.79 Å². The number of carboxylic acid groups (broad SMARTS) is 1. The normalized spacial score (nSPS) is 10.2. The second-order valence-corrected chi connectivity index (χ2v) is 4.21. The van der Waals surface area contributed by atoms with Gasteiger partial charge in [-0.05, 0) is 23.8 Å². The van der Waals surface area contributed by atoms with Crippen LogP contribution >= 0.6 is 12.6 Å². The van der Waals surface area contributed by atoms with Crippen molar-refractivity contribution < 1.29 is 14.7 Å². The summed E-state index contributed by atoms with van der Waals surface area (Å²) in [6, 6.07) is 9.77. The molecule has 2 aromatic rings. The summed E-state index contributed by atoms with van der Waals surface area (Å²) in [6.07, 6.45) is 1.40. The minimum Gasteiger partial charge on any atom is -0.478 e. The minimum absolute atomic E-state index is 0.0497. The Morgan fingerprint density at radius 2 is 2.00 bits per heavy atom. The summed E-state index contributed by atoms with van der Waals surface area (Å²) in [5.41, 5.74) is 1.16. The zero-order valence-corrected chi connectivity index (χ0v) is 10.8. The molecule has 0 aliphatic rings. The summed E-state index contributed by atoms with van der Waals surface area (Å²) in [7, 11) is 0. The van der Waals surface area contributed by atoms with Gasteiger partial charge in [0.2, 0.25) is 5.78 Å². The van der Waals surface area contributed by atoms with Crippen molar-refractivity contribution in [2.75, 3.05) is 0 Å². The Bertz CT molecular complexity index is 640. The SMILES string of the molecule is O=C(O)c1cccnc1C(=O)c1cccc(CS)c1. The van der Waals surface area contributed by atoms with Gasteiger partial charge in [0, 0.05) is 17.5 Å². The number of thiol groups is 1. The second kappa shape index (κ2) is 5.67. The number of hydrogen-bond acceptors (Lipinski definition) is 4. The molecule has 19 heavy (non-hydrogen) atoms. The third-order valence-electron chi connectivity index (χ3n) is 2.62. The van der Waals surface area contributed by atoms with Gasteiger partial charge in [0.15, 0.2) is 0 Å². The molecule has 0 atom stereocenters. The molecule has 1 N–H and O–H groups in total. The first-order chi connectivity index (χ1) is 9.13. The number of benzene rings is 1. The lowest BCUT2D eigenvalue weighted by atomic mass is 10.0. The van der Waals surface area contributed by atoms with E-state index in [2.05, 4.69) is 17.6 Å². The molecule has 5 heteroatoms. The molecule has 2 rings (SSSR count). The van der Waals surface area contributed by atoms with Crippen molar-refractivity contribution in [2.45, 2.75) is 5.75 Å². The molecule has 0 fully saturated rings. The van der Waals surface area contributed by atoms with Crippen LogP contribution in [-0.4, -0.2) is 21.8 Å². The van der Waals surface area contributed by atoms with Crippen LogP contribution in [0.25, 0.3) is 0 Å². The number of aromatic nitrogens is 1. The van der Waals surface area contributed by atoms with Crippen LogP contribution in [0.1, 0.15) is 32.0 Å². The van der Waals surface area contributed by atoms with Crippen LogP contribution in [0.2, 0.25) is 0 Å². The Kier molecular flexibility index (Phi) is 3.97. The summed E-state index contributed by atoms with van der Waals surface area (Å²) in [6.45, 7) is 0. The van der Waals surface area contributed by atoms with Gasteiger partial charge in [0.05, 0.1) is 5.56 Å². The number of nitrogens with zero attached hydrogens (tertiary/aromatic N) is 1. The molecule has 1 heterocycles. The first kappa shape index (κ1) is 13.3. The summed E-state index contributed by atoms with van der Waals surface area (Å²) in [5, 5.41) is 9.06. The van der Waals surface area contributed by atoms with E-state index in [0.717, 1.165) is 5.56 Å². The average molecular weight is 273 g/mol. The van der Waals surface area contributed by atoms with E-state index >= 15 is 0 Å². The van der Waals surface area contributed by atoms with E-state index in [1.165, 1.54) is 18.3 Å². The molecule has 0 bridgehead atoms. The summed E-state index contributed by atoms with van der Waals surface area (Å²) in [5.74, 6) is -1.06. The molecule has 0 saturated heterocycles. The third-order valence-corrected chi connectivity index (χ3v) is 2.99. The van der Waals surface area contributed by atoms with Crippen molar-refractivity contribution >= 4 is 24.4 Å². The van der Waals surface area contributed by atoms with Crippen molar-refractivity contribution in [3.8, 4) is 0 Å². The van der Waals surface area contributed by atoms with Crippen LogP contribution in [0.15, 0.2) is 42.6 Å². The van der Waals surface area contributed by atoms with Crippen molar-refractivity contribution in [1.82, 2.24) is 4.98 Å². The van der Waals surface area contributed by atoms with E-state index < -0.39 is 11.8 Å². The van der Waals surface area contributed by atoms with Crippen LogP contribution in [0, 0.1) is 0 Å². The summed E-state index contributed by atoms with van der Waals surface area (Å²) >= 11 is 4.15. The van der Waals surface area contributed by atoms with Gasteiger partial charge in [0.25, 0.3) is 0 Å². The molecule has 1 aromatic heterocycles. The molecular formula is C14H11NO3S. The van der Waals surface area contributed by atoms with Crippen LogP contribution < -0.4 is 0 Å². The average Bonchev–Trinajstić information content (AvgIpc) is 2.46. The molecule has 1 aromatic carbocycles. The van der Waals surface area contributed by atoms with Crippen LogP contribution in [0.5, 0.6) is 0 Å². The molecule has 96 valence electrons. The van der Waals surface area contributed by atoms with Gasteiger partial charge >= 0.3 is 5.97 Å². The van der Waals surface area contributed by atoms with Crippen molar-refractivity contribution in [2.24, 2.45) is 0 Å². The molecule has 0 saturated carbocycles. The number of pyridine rings is 1. The zero-order chi connectivity index (χ0) is 13.8. The predicted molar refractivity (Wildman–Crippen MR) is 73.8 cm³/mol. The molecule has 0 spiro atoms. The molecule has 4 nitrogen and oxygen atoms in total. The maximum atomic E-state index is 12.3. The topological polar surface area (TPSA) is 67.3 Å². The fourth-order valence-electron chi connectivity index (χ4n) is 1.71. The minimum atomic E-state index is -1.17. The fraction of sp³-hybridized carbons (Fsp3) is 0.0714. The van der Waals surface area contributed by atoms with Crippen molar-refractivity contribution in [1.29, 1.82) is 0 Å². The number of rotatable bonds is 4. The smallest absolute Gasteiger partial charge is 0.338 e. The number of carbonyl (C=O) groups is 2. The maximum absolute atomic E-state index is 12.3. The number of carboxylic acids is 1. The largest absolute Gasteiger partial charge is 0.478 e. The highest BCUT2D eigenvalue weighted by molar-refractivity contribution is 7.79. The molecule has 0 aliphatic heterocycles. The van der Waals surface area contributed by atoms with Crippen molar-refractivity contribution in [3.63, 3.8) is 0 Å². The highest BCUT2D eigenvalue weighted by atomic mass is 32.1. The van der Waals surface area contributed by atoms with Crippen molar-refractivity contribution in [3.05, 3.63) is 65.0 Å². The summed E-state index contributed by atoms with van der Waals surface area (Å²) < 4.78 is 0. The third kappa shape index (κ3) is 2.82. The fourth-order valence-corrected chi connectivity index (χ4v) is 1.90. The number of carbonyl (C=O) groups excluding carboxylic acids is 1. The van der Waals surface area contributed by atoms with E-state index in [-0.39, 0.29) is 11.3 Å². The van der Waals surface area contributed by atoms with E-state index in [1.54, 1.807) is 18.2 Å². The highest BCUT2D eigenvalue weighted by Gasteiger charge is 2.19. The summed E-state index contributed by atoms with van der Waals surface area (Å²) in [4.78, 5) is 27.2. The Balaban J connectivity index is 2.47. The lowest BCUT2D eigenvalue weighted by molar-refractivity contribution is 0.0692. The van der Waals surface area contributed by atoms with Gasteiger partial charge in [-0.2, -0.15) is 12.6 Å². The Labute approximate surface area is 115 Å². The first-order valence-electron chi connectivity index (χ1n) is 5.56. The number of aromatic carboxylic acids is 1. The van der Waals surface area contributed by atoms with Crippen LogP contribution in [-0.2, 0) is 5.75 Å². The molecular weight excluding hydrogens is 262 g/mol. The Morgan fingerprint density at radius 3 is 2.68 bits per heavy atom. The maximum Gasteiger partial charge on any atom is 0.338 e. The molecule has 0 radical (unpaired) electrons. The lowest BCUT2D eigenvalue weighted by Gasteiger charge is -2.05. The van der Waals surface area contributed by atoms with E-state index in [0.29, 0.717) is 11.3 Å². The van der Waals surface area contributed by atoms with Crippen LogP contribution in [0.3, 0.4) is 0 Å². The number of ketones is 1. The molecule has 0 unspecified atom stereocenters. The molecule has 0 amide bonds.